The van der Waals surface area contributed by atoms with Crippen LogP contribution in [0.5, 0.6) is 0 Å². The molecule has 1 aliphatic carbocycles. The summed E-state index contributed by atoms with van der Waals surface area (Å²) in [5.41, 5.74) is 1.85. The Labute approximate surface area is 109 Å². The molecule has 0 radical (unpaired) electrons. The normalized spacial score (nSPS) is 15.2. The largest absolute Gasteiger partial charge is 0.367 e. The van der Waals surface area contributed by atoms with Crippen LogP contribution in [-0.2, 0) is 0 Å². The van der Waals surface area contributed by atoms with E-state index in [2.05, 4.69) is 15.3 Å². The molecule has 0 aliphatic heterocycles. The third kappa shape index (κ3) is 2.17. The SMILES string of the molecule is Cc1cc(Cl)cc2nc(Cl)nc(NC3CC3)c12. The van der Waals surface area contributed by atoms with Crippen LogP contribution in [-0.4, -0.2) is 16.0 Å². The molecule has 1 aromatic heterocycles. The zero-order valence-corrected chi connectivity index (χ0v) is 10.8. The highest BCUT2D eigenvalue weighted by molar-refractivity contribution is 6.32. The van der Waals surface area contributed by atoms with Crippen LogP contribution in [0.15, 0.2) is 12.1 Å². The Morgan fingerprint density at radius 2 is 2.00 bits per heavy atom. The predicted octanol–water partition coefficient (Wildman–Crippen LogP) is 3.82. The van der Waals surface area contributed by atoms with Crippen molar-refractivity contribution in [3.8, 4) is 0 Å². The van der Waals surface area contributed by atoms with Crippen molar-refractivity contribution in [2.24, 2.45) is 0 Å². The highest BCUT2D eigenvalue weighted by atomic mass is 35.5. The topological polar surface area (TPSA) is 37.8 Å². The fourth-order valence-electron chi connectivity index (χ4n) is 1.92. The first-order valence-electron chi connectivity index (χ1n) is 5.53. The number of hydrogen-bond acceptors (Lipinski definition) is 3. The summed E-state index contributed by atoms with van der Waals surface area (Å²) in [6.07, 6.45) is 2.38. The average Bonchev–Trinajstić information content (AvgIpc) is 2.99. The van der Waals surface area contributed by atoms with Crippen LogP contribution in [0.2, 0.25) is 10.3 Å². The van der Waals surface area contributed by atoms with E-state index in [0.717, 1.165) is 22.3 Å². The summed E-state index contributed by atoms with van der Waals surface area (Å²) >= 11 is 11.9. The molecule has 1 fully saturated rings. The van der Waals surface area contributed by atoms with E-state index in [0.29, 0.717) is 11.1 Å². The van der Waals surface area contributed by atoms with Crippen LogP contribution < -0.4 is 5.32 Å². The molecule has 0 spiro atoms. The molecule has 0 atom stereocenters. The number of nitrogens with zero attached hydrogens (tertiary/aromatic N) is 2. The van der Waals surface area contributed by atoms with Gasteiger partial charge >= 0.3 is 0 Å². The first-order valence-corrected chi connectivity index (χ1v) is 6.29. The van der Waals surface area contributed by atoms with E-state index >= 15 is 0 Å². The molecule has 1 N–H and O–H groups in total. The molecule has 17 heavy (non-hydrogen) atoms. The number of nitrogens with one attached hydrogen (secondary N) is 1. The van der Waals surface area contributed by atoms with Crippen molar-refractivity contribution < 1.29 is 0 Å². The summed E-state index contributed by atoms with van der Waals surface area (Å²) in [5.74, 6) is 0.816. The Kier molecular flexibility index (Phi) is 2.60. The third-order valence-corrected chi connectivity index (χ3v) is 3.24. The van der Waals surface area contributed by atoms with E-state index in [4.69, 9.17) is 23.2 Å². The van der Waals surface area contributed by atoms with Crippen LogP contribution in [0.25, 0.3) is 10.9 Å². The number of fused-ring (bicyclic) bond motifs is 1. The number of benzene rings is 1. The van der Waals surface area contributed by atoms with Crippen molar-refractivity contribution in [2.75, 3.05) is 5.32 Å². The van der Waals surface area contributed by atoms with Gasteiger partial charge in [-0.25, -0.2) is 9.97 Å². The van der Waals surface area contributed by atoms with Gasteiger partial charge in [0.1, 0.15) is 5.82 Å². The minimum absolute atomic E-state index is 0.252. The van der Waals surface area contributed by atoms with Crippen LogP contribution in [0, 0.1) is 6.92 Å². The highest BCUT2D eigenvalue weighted by Gasteiger charge is 2.23. The molecule has 0 amide bonds. The Hall–Kier alpha value is -1.06. The molecular formula is C12H11Cl2N3. The molecule has 3 rings (SSSR count). The fourth-order valence-corrected chi connectivity index (χ4v) is 2.36. The molecule has 0 saturated heterocycles. The lowest BCUT2D eigenvalue weighted by atomic mass is 10.1. The number of rotatable bonds is 2. The van der Waals surface area contributed by atoms with Crippen molar-refractivity contribution >= 4 is 39.9 Å². The van der Waals surface area contributed by atoms with Crippen LogP contribution in [0.1, 0.15) is 18.4 Å². The van der Waals surface area contributed by atoms with E-state index in [-0.39, 0.29) is 5.28 Å². The molecule has 5 heteroatoms. The van der Waals surface area contributed by atoms with E-state index < -0.39 is 0 Å². The maximum atomic E-state index is 6.02. The second kappa shape index (κ2) is 4.00. The van der Waals surface area contributed by atoms with Crippen molar-refractivity contribution in [1.29, 1.82) is 0 Å². The van der Waals surface area contributed by atoms with Gasteiger partial charge in [-0.3, -0.25) is 0 Å². The van der Waals surface area contributed by atoms with E-state index in [1.54, 1.807) is 0 Å². The molecule has 88 valence electrons. The van der Waals surface area contributed by atoms with Gasteiger partial charge in [0.15, 0.2) is 0 Å². The third-order valence-electron chi connectivity index (χ3n) is 2.85. The zero-order valence-electron chi connectivity index (χ0n) is 9.30. The van der Waals surface area contributed by atoms with Gasteiger partial charge in [-0.15, -0.1) is 0 Å². The Bertz CT molecular complexity index is 589. The maximum absolute atomic E-state index is 6.02. The molecule has 1 aliphatic rings. The van der Waals surface area contributed by atoms with Crippen LogP contribution in [0.4, 0.5) is 5.82 Å². The van der Waals surface area contributed by atoms with Gasteiger partial charge in [-0.1, -0.05) is 11.6 Å². The smallest absolute Gasteiger partial charge is 0.224 e. The lowest BCUT2D eigenvalue weighted by molar-refractivity contribution is 1.10. The quantitative estimate of drug-likeness (QED) is 0.841. The highest BCUT2D eigenvalue weighted by Crippen LogP contribution is 2.32. The minimum Gasteiger partial charge on any atom is -0.367 e. The van der Waals surface area contributed by atoms with Crippen LogP contribution in [0.3, 0.4) is 0 Å². The average molecular weight is 268 g/mol. The van der Waals surface area contributed by atoms with Crippen molar-refractivity contribution in [3.05, 3.63) is 28.0 Å². The molecule has 3 nitrogen and oxygen atoms in total. The van der Waals surface area contributed by atoms with Crippen LogP contribution >= 0.6 is 23.2 Å². The monoisotopic (exact) mass is 267 g/mol. The first kappa shape index (κ1) is 11.1. The van der Waals surface area contributed by atoms with Crippen molar-refractivity contribution in [3.63, 3.8) is 0 Å². The molecule has 0 unspecified atom stereocenters. The van der Waals surface area contributed by atoms with Gasteiger partial charge in [-0.2, -0.15) is 0 Å². The predicted molar refractivity (Wildman–Crippen MR) is 70.9 cm³/mol. The van der Waals surface area contributed by atoms with Crippen molar-refractivity contribution in [1.82, 2.24) is 9.97 Å². The van der Waals surface area contributed by atoms with E-state index in [1.807, 2.05) is 19.1 Å². The van der Waals surface area contributed by atoms with Gasteiger partial charge in [-0.05, 0) is 49.1 Å². The number of halogens is 2. The maximum Gasteiger partial charge on any atom is 0.224 e. The van der Waals surface area contributed by atoms with E-state index in [1.165, 1.54) is 12.8 Å². The fraction of sp³-hybridized carbons (Fsp3) is 0.333. The number of anilines is 1. The number of hydrogen-bond donors (Lipinski definition) is 1. The second-order valence-electron chi connectivity index (χ2n) is 4.38. The molecule has 0 bridgehead atoms. The Balaban J connectivity index is 2.24. The summed E-state index contributed by atoms with van der Waals surface area (Å²) < 4.78 is 0. The Morgan fingerprint density at radius 3 is 2.71 bits per heavy atom. The summed E-state index contributed by atoms with van der Waals surface area (Å²) in [6, 6.07) is 4.26. The summed E-state index contributed by atoms with van der Waals surface area (Å²) in [5, 5.41) is 5.31. The number of aryl methyl sites for hydroxylation is 1. The molecular weight excluding hydrogens is 257 g/mol. The minimum atomic E-state index is 0.252. The summed E-state index contributed by atoms with van der Waals surface area (Å²) in [6.45, 7) is 2.00. The van der Waals surface area contributed by atoms with E-state index in [9.17, 15) is 0 Å². The lowest BCUT2D eigenvalue weighted by Crippen LogP contribution is -2.05. The van der Waals surface area contributed by atoms with Crippen molar-refractivity contribution in [2.45, 2.75) is 25.8 Å². The lowest BCUT2D eigenvalue weighted by Gasteiger charge is -2.10. The van der Waals surface area contributed by atoms with Gasteiger partial charge in [0.2, 0.25) is 5.28 Å². The molecule has 2 aromatic rings. The summed E-state index contributed by atoms with van der Waals surface area (Å²) in [4.78, 5) is 8.49. The second-order valence-corrected chi connectivity index (χ2v) is 5.15. The molecule has 1 aromatic carbocycles. The summed E-state index contributed by atoms with van der Waals surface area (Å²) in [7, 11) is 0. The standard InChI is InChI=1S/C12H11Cl2N3/c1-6-4-7(13)5-9-10(6)11(15-8-2-3-8)17-12(14)16-9/h4-5,8H,2-3H2,1H3,(H,15,16,17). The zero-order chi connectivity index (χ0) is 12.0. The van der Waals surface area contributed by atoms with Gasteiger partial charge in [0.05, 0.1) is 5.52 Å². The van der Waals surface area contributed by atoms with Gasteiger partial charge in [0.25, 0.3) is 0 Å². The number of aromatic nitrogens is 2. The van der Waals surface area contributed by atoms with Gasteiger partial charge in [0, 0.05) is 16.5 Å². The Morgan fingerprint density at radius 1 is 1.24 bits per heavy atom. The molecule has 1 heterocycles. The first-order chi connectivity index (χ1) is 8.13. The molecule has 1 saturated carbocycles. The van der Waals surface area contributed by atoms with Gasteiger partial charge < -0.3 is 5.32 Å².